The first-order chi connectivity index (χ1) is 12.6. The highest BCUT2D eigenvalue weighted by Crippen LogP contribution is 2.20. The number of benzene rings is 2. The number of aromatic nitrogens is 1. The topological polar surface area (TPSA) is 42.0 Å². The van der Waals surface area contributed by atoms with Crippen LogP contribution in [0.1, 0.15) is 22.9 Å². The van der Waals surface area contributed by atoms with Gasteiger partial charge in [-0.25, -0.2) is 13.8 Å². The van der Waals surface area contributed by atoms with Crippen LogP contribution in [0.25, 0.3) is 6.08 Å². The first-order valence-electron chi connectivity index (χ1n) is 7.97. The molecule has 26 heavy (non-hydrogen) atoms. The third-order valence-electron chi connectivity index (χ3n) is 3.75. The average Bonchev–Trinajstić information content (AvgIpc) is 3.13. The normalized spacial score (nSPS) is 12.2. The van der Waals surface area contributed by atoms with E-state index in [0.29, 0.717) is 23.2 Å². The first kappa shape index (κ1) is 17.9. The van der Waals surface area contributed by atoms with Crippen LogP contribution in [0.2, 0.25) is 0 Å². The molecule has 1 aromatic heterocycles. The van der Waals surface area contributed by atoms with E-state index in [0.717, 1.165) is 0 Å². The van der Waals surface area contributed by atoms with Gasteiger partial charge in [-0.1, -0.05) is 24.3 Å². The number of rotatable bonds is 6. The summed E-state index contributed by atoms with van der Waals surface area (Å²) in [5, 5.41) is 4.67. The van der Waals surface area contributed by atoms with Crippen LogP contribution in [0, 0.1) is 11.6 Å². The molecule has 3 rings (SSSR count). The van der Waals surface area contributed by atoms with Crippen LogP contribution in [0.4, 0.5) is 8.78 Å². The van der Waals surface area contributed by atoms with E-state index < -0.39 is 6.04 Å². The molecule has 0 saturated heterocycles. The standard InChI is InChI=1S/C20H16F2N2OS/c21-16-5-1-3-14(9-16)10-19(15-4-2-6-17(22)11-15)24-20(25)8-7-18-12-26-13-23-18/h1-9,11-13,19H,10H2,(H,24,25). The summed E-state index contributed by atoms with van der Waals surface area (Å²) >= 11 is 1.44. The van der Waals surface area contributed by atoms with Crippen molar-refractivity contribution < 1.29 is 13.6 Å². The zero-order valence-corrected chi connectivity index (χ0v) is 14.5. The lowest BCUT2D eigenvalue weighted by Gasteiger charge is -2.19. The van der Waals surface area contributed by atoms with Crippen LogP contribution >= 0.6 is 11.3 Å². The van der Waals surface area contributed by atoms with E-state index in [4.69, 9.17) is 0 Å². The Morgan fingerprint density at radius 2 is 1.92 bits per heavy atom. The Hall–Kier alpha value is -2.86. The summed E-state index contributed by atoms with van der Waals surface area (Å²) in [6.45, 7) is 0. The maximum absolute atomic E-state index is 13.6. The van der Waals surface area contributed by atoms with Crippen molar-refractivity contribution in [2.75, 3.05) is 0 Å². The SMILES string of the molecule is O=C(C=Cc1cscn1)NC(Cc1cccc(F)c1)c1cccc(F)c1. The molecule has 1 amide bonds. The Morgan fingerprint density at radius 1 is 1.15 bits per heavy atom. The molecule has 1 atom stereocenters. The monoisotopic (exact) mass is 370 g/mol. The van der Waals surface area contributed by atoms with Gasteiger partial charge in [-0.3, -0.25) is 4.79 Å². The molecule has 3 nitrogen and oxygen atoms in total. The molecule has 6 heteroatoms. The minimum absolute atomic E-state index is 0.330. The second-order valence-corrected chi connectivity index (χ2v) is 6.42. The summed E-state index contributed by atoms with van der Waals surface area (Å²) in [5.74, 6) is -1.07. The van der Waals surface area contributed by atoms with E-state index in [1.165, 1.54) is 41.7 Å². The van der Waals surface area contributed by atoms with Crippen molar-refractivity contribution in [3.05, 3.63) is 94.0 Å². The smallest absolute Gasteiger partial charge is 0.244 e. The van der Waals surface area contributed by atoms with Crippen LogP contribution < -0.4 is 5.32 Å². The number of halogens is 2. The number of amides is 1. The quantitative estimate of drug-likeness (QED) is 0.648. The molecule has 1 heterocycles. The predicted octanol–water partition coefficient (Wildman–Crippen LogP) is 4.53. The molecule has 0 aliphatic heterocycles. The highest BCUT2D eigenvalue weighted by atomic mass is 32.1. The lowest BCUT2D eigenvalue weighted by Crippen LogP contribution is -2.28. The second-order valence-electron chi connectivity index (χ2n) is 5.70. The van der Waals surface area contributed by atoms with Crippen molar-refractivity contribution in [2.45, 2.75) is 12.5 Å². The fraction of sp³-hybridized carbons (Fsp3) is 0.100. The summed E-state index contributed by atoms with van der Waals surface area (Å²) in [6.07, 6.45) is 3.33. The molecule has 0 aliphatic carbocycles. The molecular formula is C20H16F2N2OS. The highest BCUT2D eigenvalue weighted by molar-refractivity contribution is 7.07. The van der Waals surface area contributed by atoms with E-state index in [9.17, 15) is 13.6 Å². The van der Waals surface area contributed by atoms with E-state index in [1.54, 1.807) is 35.9 Å². The van der Waals surface area contributed by atoms with Crippen LogP contribution in [0.15, 0.2) is 65.5 Å². The lowest BCUT2D eigenvalue weighted by atomic mass is 9.98. The summed E-state index contributed by atoms with van der Waals surface area (Å²) < 4.78 is 27.1. The van der Waals surface area contributed by atoms with E-state index in [1.807, 2.05) is 5.38 Å². The molecule has 0 bridgehead atoms. The van der Waals surface area contributed by atoms with Gasteiger partial charge in [0, 0.05) is 11.5 Å². The largest absolute Gasteiger partial charge is 0.345 e. The lowest BCUT2D eigenvalue weighted by molar-refractivity contribution is -0.117. The highest BCUT2D eigenvalue weighted by Gasteiger charge is 2.15. The average molecular weight is 370 g/mol. The second kappa shape index (κ2) is 8.49. The molecule has 0 spiro atoms. The summed E-state index contributed by atoms with van der Waals surface area (Å²) in [5.41, 5.74) is 3.70. The van der Waals surface area contributed by atoms with Gasteiger partial charge in [-0.05, 0) is 47.9 Å². The summed E-state index contributed by atoms with van der Waals surface area (Å²) in [4.78, 5) is 16.3. The van der Waals surface area contributed by atoms with Gasteiger partial charge < -0.3 is 5.32 Å². The molecule has 0 saturated carbocycles. The molecule has 3 aromatic rings. The molecule has 0 aliphatic rings. The number of hydrogen-bond donors (Lipinski definition) is 1. The first-order valence-corrected chi connectivity index (χ1v) is 8.91. The Bertz CT molecular complexity index is 910. The van der Waals surface area contributed by atoms with Gasteiger partial charge in [-0.15, -0.1) is 11.3 Å². The Morgan fingerprint density at radius 3 is 2.62 bits per heavy atom. The summed E-state index contributed by atoms with van der Waals surface area (Å²) in [6, 6.07) is 11.7. The number of nitrogens with zero attached hydrogens (tertiary/aromatic N) is 1. The van der Waals surface area contributed by atoms with Crippen LogP contribution in [0.5, 0.6) is 0 Å². The Balaban J connectivity index is 1.79. The third-order valence-corrected chi connectivity index (χ3v) is 4.36. The van der Waals surface area contributed by atoms with Gasteiger partial charge in [0.1, 0.15) is 11.6 Å². The molecule has 2 aromatic carbocycles. The fourth-order valence-corrected chi connectivity index (χ4v) is 3.08. The minimum atomic E-state index is -0.486. The Kier molecular flexibility index (Phi) is 5.86. The van der Waals surface area contributed by atoms with Crippen molar-refractivity contribution in [1.82, 2.24) is 10.3 Å². The predicted molar refractivity (Wildman–Crippen MR) is 98.5 cm³/mol. The zero-order valence-electron chi connectivity index (χ0n) is 13.7. The van der Waals surface area contributed by atoms with E-state index in [-0.39, 0.29) is 17.5 Å². The van der Waals surface area contributed by atoms with Crippen LogP contribution in [-0.4, -0.2) is 10.9 Å². The van der Waals surface area contributed by atoms with Crippen molar-refractivity contribution in [2.24, 2.45) is 0 Å². The van der Waals surface area contributed by atoms with Crippen LogP contribution in [0.3, 0.4) is 0 Å². The molecular weight excluding hydrogens is 354 g/mol. The van der Waals surface area contributed by atoms with Gasteiger partial charge in [0.05, 0.1) is 17.2 Å². The third kappa shape index (κ3) is 5.07. The summed E-state index contributed by atoms with van der Waals surface area (Å²) in [7, 11) is 0. The van der Waals surface area contributed by atoms with Gasteiger partial charge in [0.2, 0.25) is 5.91 Å². The van der Waals surface area contributed by atoms with E-state index in [2.05, 4.69) is 10.3 Å². The van der Waals surface area contributed by atoms with E-state index >= 15 is 0 Å². The number of carbonyl (C=O) groups excluding carboxylic acids is 1. The zero-order chi connectivity index (χ0) is 18.4. The van der Waals surface area contributed by atoms with Gasteiger partial charge in [0.15, 0.2) is 0 Å². The maximum Gasteiger partial charge on any atom is 0.244 e. The van der Waals surface area contributed by atoms with Gasteiger partial charge >= 0.3 is 0 Å². The van der Waals surface area contributed by atoms with Crippen molar-refractivity contribution in [1.29, 1.82) is 0 Å². The maximum atomic E-state index is 13.6. The molecule has 1 N–H and O–H groups in total. The van der Waals surface area contributed by atoms with Gasteiger partial charge in [0.25, 0.3) is 0 Å². The van der Waals surface area contributed by atoms with Crippen LogP contribution in [-0.2, 0) is 11.2 Å². The molecule has 0 fully saturated rings. The molecule has 0 radical (unpaired) electrons. The van der Waals surface area contributed by atoms with Gasteiger partial charge in [-0.2, -0.15) is 0 Å². The Labute approximate surface area is 154 Å². The molecule has 1 unspecified atom stereocenters. The number of hydrogen-bond acceptors (Lipinski definition) is 3. The number of thiazole rings is 1. The minimum Gasteiger partial charge on any atom is -0.345 e. The fourth-order valence-electron chi connectivity index (χ4n) is 2.56. The number of carbonyl (C=O) groups is 1. The number of nitrogens with one attached hydrogen (secondary N) is 1. The van der Waals surface area contributed by atoms with Crippen molar-refractivity contribution in [3.63, 3.8) is 0 Å². The van der Waals surface area contributed by atoms with Crippen molar-refractivity contribution in [3.8, 4) is 0 Å². The molecule has 132 valence electrons. The van der Waals surface area contributed by atoms with Crippen molar-refractivity contribution >= 4 is 23.3 Å².